The lowest BCUT2D eigenvalue weighted by atomic mass is 10.1. The standard InChI is InChI=1S/C19H19F3O4/c1-24-9-4-10-25-18-11-14(12-23)7-8-17(18)26-13-15-5-2-3-6-16(15)19(20,21)22/h2-3,5-8,11-12H,4,9-10,13H2,1H3. The zero-order chi connectivity index (χ0) is 19.0. The number of hydrogen-bond donors (Lipinski definition) is 0. The van der Waals surface area contributed by atoms with Crippen molar-refractivity contribution < 1.29 is 32.2 Å². The van der Waals surface area contributed by atoms with Crippen LogP contribution in [0.4, 0.5) is 13.2 Å². The fourth-order valence-corrected chi connectivity index (χ4v) is 2.29. The van der Waals surface area contributed by atoms with E-state index >= 15 is 0 Å². The molecule has 0 fully saturated rings. The van der Waals surface area contributed by atoms with Crippen molar-refractivity contribution in [1.29, 1.82) is 0 Å². The van der Waals surface area contributed by atoms with E-state index in [2.05, 4.69) is 0 Å². The Morgan fingerprint density at radius 2 is 1.77 bits per heavy atom. The molecule has 0 aliphatic rings. The van der Waals surface area contributed by atoms with Crippen LogP contribution in [0.1, 0.15) is 27.9 Å². The van der Waals surface area contributed by atoms with Crippen molar-refractivity contribution in [2.24, 2.45) is 0 Å². The van der Waals surface area contributed by atoms with Crippen LogP contribution < -0.4 is 9.47 Å². The highest BCUT2D eigenvalue weighted by atomic mass is 19.4. The first-order valence-electron chi connectivity index (χ1n) is 7.94. The monoisotopic (exact) mass is 368 g/mol. The molecule has 0 amide bonds. The predicted molar refractivity (Wildman–Crippen MR) is 89.6 cm³/mol. The second-order valence-electron chi connectivity index (χ2n) is 5.46. The summed E-state index contributed by atoms with van der Waals surface area (Å²) in [5.74, 6) is 0.570. The number of carbonyl (C=O) groups excluding carboxylic acids is 1. The van der Waals surface area contributed by atoms with E-state index in [0.717, 1.165) is 6.07 Å². The fraction of sp³-hybridized carbons (Fsp3) is 0.316. The van der Waals surface area contributed by atoms with Crippen molar-refractivity contribution in [1.82, 2.24) is 0 Å². The van der Waals surface area contributed by atoms with Gasteiger partial charge < -0.3 is 14.2 Å². The van der Waals surface area contributed by atoms with Crippen LogP contribution >= 0.6 is 0 Å². The molecule has 0 aliphatic carbocycles. The molecule has 0 spiro atoms. The van der Waals surface area contributed by atoms with Gasteiger partial charge >= 0.3 is 6.18 Å². The molecule has 2 aromatic carbocycles. The van der Waals surface area contributed by atoms with E-state index in [9.17, 15) is 18.0 Å². The molecule has 0 N–H and O–H groups in total. The Balaban J connectivity index is 2.15. The van der Waals surface area contributed by atoms with E-state index in [-0.39, 0.29) is 17.9 Å². The minimum Gasteiger partial charge on any atom is -0.490 e. The largest absolute Gasteiger partial charge is 0.490 e. The van der Waals surface area contributed by atoms with Gasteiger partial charge in [0.2, 0.25) is 0 Å². The topological polar surface area (TPSA) is 44.8 Å². The summed E-state index contributed by atoms with van der Waals surface area (Å²) >= 11 is 0. The molecule has 4 nitrogen and oxygen atoms in total. The number of rotatable bonds is 9. The molecule has 2 rings (SSSR count). The maximum absolute atomic E-state index is 13.1. The third-order valence-corrected chi connectivity index (χ3v) is 3.56. The summed E-state index contributed by atoms with van der Waals surface area (Å²) < 4.78 is 55.2. The molecule has 0 aromatic heterocycles. The van der Waals surface area contributed by atoms with Gasteiger partial charge in [-0.05, 0) is 24.3 Å². The summed E-state index contributed by atoms with van der Waals surface area (Å²) in [6, 6.07) is 9.73. The number of hydrogen-bond acceptors (Lipinski definition) is 4. The molecule has 2 aromatic rings. The van der Waals surface area contributed by atoms with Gasteiger partial charge in [0, 0.05) is 31.3 Å². The van der Waals surface area contributed by atoms with Crippen molar-refractivity contribution in [2.45, 2.75) is 19.2 Å². The average molecular weight is 368 g/mol. The first-order chi connectivity index (χ1) is 12.5. The first-order valence-corrected chi connectivity index (χ1v) is 7.94. The highest BCUT2D eigenvalue weighted by Gasteiger charge is 2.33. The van der Waals surface area contributed by atoms with Crippen molar-refractivity contribution in [2.75, 3.05) is 20.3 Å². The molecule has 140 valence electrons. The minimum atomic E-state index is -4.46. The lowest BCUT2D eigenvalue weighted by molar-refractivity contribution is -0.138. The van der Waals surface area contributed by atoms with Crippen LogP contribution in [-0.2, 0) is 17.5 Å². The summed E-state index contributed by atoms with van der Waals surface area (Å²) in [4.78, 5) is 10.9. The van der Waals surface area contributed by atoms with E-state index in [1.165, 1.54) is 36.4 Å². The molecule has 7 heteroatoms. The molecule has 0 saturated carbocycles. The average Bonchev–Trinajstić information content (AvgIpc) is 2.63. The maximum Gasteiger partial charge on any atom is 0.416 e. The number of methoxy groups -OCH3 is 1. The Bertz CT molecular complexity index is 729. The van der Waals surface area contributed by atoms with Crippen molar-refractivity contribution >= 4 is 6.29 Å². The molecule has 0 radical (unpaired) electrons. The second-order valence-corrected chi connectivity index (χ2v) is 5.46. The lowest BCUT2D eigenvalue weighted by Crippen LogP contribution is -2.11. The van der Waals surface area contributed by atoms with Crippen molar-refractivity contribution in [3.05, 3.63) is 59.2 Å². The lowest BCUT2D eigenvalue weighted by Gasteiger charge is -2.16. The van der Waals surface area contributed by atoms with Crippen LogP contribution in [-0.4, -0.2) is 26.6 Å². The number of halogens is 3. The van der Waals surface area contributed by atoms with Gasteiger partial charge in [-0.1, -0.05) is 18.2 Å². The summed E-state index contributed by atoms with van der Waals surface area (Å²) in [7, 11) is 1.57. The third kappa shape index (κ3) is 5.49. The summed E-state index contributed by atoms with van der Waals surface area (Å²) in [5, 5.41) is 0. The maximum atomic E-state index is 13.1. The molecular formula is C19H19F3O4. The molecule has 0 unspecified atom stereocenters. The number of aldehydes is 1. The third-order valence-electron chi connectivity index (χ3n) is 3.56. The number of alkyl halides is 3. The van der Waals surface area contributed by atoms with Gasteiger partial charge in [0.15, 0.2) is 11.5 Å². The fourth-order valence-electron chi connectivity index (χ4n) is 2.29. The van der Waals surface area contributed by atoms with Crippen LogP contribution in [0.15, 0.2) is 42.5 Å². The first kappa shape index (κ1) is 19.8. The highest BCUT2D eigenvalue weighted by Crippen LogP contribution is 2.34. The number of benzene rings is 2. The number of carbonyl (C=O) groups is 1. The van der Waals surface area contributed by atoms with Gasteiger partial charge in [-0.25, -0.2) is 0 Å². The molecule has 26 heavy (non-hydrogen) atoms. The van der Waals surface area contributed by atoms with Crippen LogP contribution in [0.2, 0.25) is 0 Å². The molecule has 0 atom stereocenters. The van der Waals surface area contributed by atoms with E-state index in [4.69, 9.17) is 14.2 Å². The Kier molecular flexibility index (Phi) is 7.03. The zero-order valence-corrected chi connectivity index (χ0v) is 14.2. The summed E-state index contributed by atoms with van der Waals surface area (Å²) in [6.45, 7) is 0.554. The number of ether oxygens (including phenoxy) is 3. The van der Waals surface area contributed by atoms with Gasteiger partial charge in [0.25, 0.3) is 0 Å². The Hall–Kier alpha value is -2.54. The summed E-state index contributed by atoms with van der Waals surface area (Å²) in [5.41, 5.74) is -0.341. The molecular weight excluding hydrogens is 349 g/mol. The van der Waals surface area contributed by atoms with Gasteiger partial charge in [0.1, 0.15) is 12.9 Å². The van der Waals surface area contributed by atoms with Gasteiger partial charge in [-0.3, -0.25) is 4.79 Å². The molecule has 0 heterocycles. The van der Waals surface area contributed by atoms with E-state index in [0.29, 0.717) is 37.2 Å². The molecule has 0 saturated heterocycles. The van der Waals surface area contributed by atoms with Crippen molar-refractivity contribution in [3.63, 3.8) is 0 Å². The van der Waals surface area contributed by atoms with E-state index in [1.807, 2.05) is 0 Å². The Morgan fingerprint density at radius 3 is 2.46 bits per heavy atom. The minimum absolute atomic E-state index is 0.0183. The second kappa shape index (κ2) is 9.24. The van der Waals surface area contributed by atoms with E-state index < -0.39 is 11.7 Å². The normalized spacial score (nSPS) is 11.2. The van der Waals surface area contributed by atoms with Crippen LogP contribution in [0, 0.1) is 0 Å². The van der Waals surface area contributed by atoms with Crippen LogP contribution in [0.5, 0.6) is 11.5 Å². The quantitative estimate of drug-likeness (QED) is 0.482. The van der Waals surface area contributed by atoms with Crippen LogP contribution in [0.3, 0.4) is 0 Å². The van der Waals surface area contributed by atoms with Crippen LogP contribution in [0.25, 0.3) is 0 Å². The SMILES string of the molecule is COCCCOc1cc(C=O)ccc1OCc1ccccc1C(F)(F)F. The zero-order valence-electron chi connectivity index (χ0n) is 14.2. The Morgan fingerprint density at radius 1 is 1.00 bits per heavy atom. The Labute approximate surface area is 149 Å². The smallest absolute Gasteiger partial charge is 0.416 e. The highest BCUT2D eigenvalue weighted by molar-refractivity contribution is 5.76. The molecule has 0 bridgehead atoms. The summed E-state index contributed by atoms with van der Waals surface area (Å²) in [6.07, 6.45) is -3.18. The molecule has 0 aliphatic heterocycles. The van der Waals surface area contributed by atoms with Gasteiger partial charge in [0.05, 0.1) is 12.2 Å². The predicted octanol–water partition coefficient (Wildman–Crippen LogP) is 4.51. The van der Waals surface area contributed by atoms with E-state index in [1.54, 1.807) is 7.11 Å². The van der Waals surface area contributed by atoms with Gasteiger partial charge in [-0.2, -0.15) is 13.2 Å². The van der Waals surface area contributed by atoms with Gasteiger partial charge in [-0.15, -0.1) is 0 Å². The van der Waals surface area contributed by atoms with Crippen molar-refractivity contribution in [3.8, 4) is 11.5 Å².